The van der Waals surface area contributed by atoms with Gasteiger partial charge in [-0.25, -0.2) is 0 Å². The molecule has 0 saturated heterocycles. The molecule has 0 aromatic heterocycles. The SMILES string of the molecule is CCCCCCCCNCCCC(F)(F)F. The number of hydrogen-bond acceptors (Lipinski definition) is 1. The van der Waals surface area contributed by atoms with Crippen molar-refractivity contribution in [2.75, 3.05) is 13.1 Å². The zero-order valence-electron chi connectivity index (χ0n) is 10.2. The van der Waals surface area contributed by atoms with Gasteiger partial charge in [-0.15, -0.1) is 0 Å². The van der Waals surface area contributed by atoms with Crippen molar-refractivity contribution in [2.24, 2.45) is 0 Å². The van der Waals surface area contributed by atoms with E-state index in [1.165, 1.54) is 32.1 Å². The highest BCUT2D eigenvalue weighted by molar-refractivity contribution is 4.54. The average Bonchev–Trinajstić information content (AvgIpc) is 2.19. The first-order valence-corrected chi connectivity index (χ1v) is 6.33. The Morgan fingerprint density at radius 2 is 1.38 bits per heavy atom. The van der Waals surface area contributed by atoms with E-state index in [9.17, 15) is 13.2 Å². The minimum absolute atomic E-state index is 0.194. The van der Waals surface area contributed by atoms with E-state index in [1.54, 1.807) is 0 Å². The van der Waals surface area contributed by atoms with Crippen LogP contribution in [0.5, 0.6) is 0 Å². The largest absolute Gasteiger partial charge is 0.389 e. The number of unbranched alkanes of at least 4 members (excludes halogenated alkanes) is 5. The van der Waals surface area contributed by atoms with Crippen LogP contribution in [0.4, 0.5) is 13.2 Å². The molecule has 0 aromatic rings. The molecule has 0 fully saturated rings. The fourth-order valence-corrected chi connectivity index (χ4v) is 1.57. The molecule has 0 aromatic carbocycles. The lowest BCUT2D eigenvalue weighted by atomic mass is 10.1. The highest BCUT2D eigenvalue weighted by atomic mass is 19.4. The number of halogens is 3. The Balaban J connectivity index is 2.99. The first kappa shape index (κ1) is 15.8. The number of hydrogen-bond donors (Lipinski definition) is 1. The van der Waals surface area contributed by atoms with Gasteiger partial charge in [0.25, 0.3) is 0 Å². The molecule has 0 spiro atoms. The van der Waals surface area contributed by atoms with Gasteiger partial charge in [-0.3, -0.25) is 0 Å². The van der Waals surface area contributed by atoms with Gasteiger partial charge in [-0.05, 0) is 25.9 Å². The van der Waals surface area contributed by atoms with Crippen molar-refractivity contribution in [1.29, 1.82) is 0 Å². The lowest BCUT2D eigenvalue weighted by molar-refractivity contribution is -0.135. The second kappa shape index (κ2) is 9.94. The fraction of sp³-hybridized carbons (Fsp3) is 1.00. The molecule has 98 valence electrons. The van der Waals surface area contributed by atoms with Gasteiger partial charge in [0.15, 0.2) is 0 Å². The van der Waals surface area contributed by atoms with Crippen LogP contribution in [0.2, 0.25) is 0 Å². The van der Waals surface area contributed by atoms with Crippen molar-refractivity contribution in [3.8, 4) is 0 Å². The molecule has 0 aliphatic rings. The van der Waals surface area contributed by atoms with Crippen LogP contribution in [-0.2, 0) is 0 Å². The van der Waals surface area contributed by atoms with Crippen LogP contribution < -0.4 is 5.32 Å². The van der Waals surface area contributed by atoms with E-state index >= 15 is 0 Å². The molecule has 0 radical (unpaired) electrons. The van der Waals surface area contributed by atoms with Gasteiger partial charge in [-0.2, -0.15) is 13.2 Å². The van der Waals surface area contributed by atoms with E-state index in [4.69, 9.17) is 0 Å². The van der Waals surface area contributed by atoms with Gasteiger partial charge >= 0.3 is 6.18 Å². The molecule has 4 heteroatoms. The Kier molecular flexibility index (Phi) is 9.78. The van der Waals surface area contributed by atoms with E-state index in [0.29, 0.717) is 6.54 Å². The second-order valence-corrected chi connectivity index (χ2v) is 4.24. The van der Waals surface area contributed by atoms with Crippen LogP contribution >= 0.6 is 0 Å². The Morgan fingerprint density at radius 1 is 0.812 bits per heavy atom. The van der Waals surface area contributed by atoms with Crippen molar-refractivity contribution in [2.45, 2.75) is 64.5 Å². The fourth-order valence-electron chi connectivity index (χ4n) is 1.57. The second-order valence-electron chi connectivity index (χ2n) is 4.24. The van der Waals surface area contributed by atoms with Crippen LogP contribution in [0.15, 0.2) is 0 Å². The zero-order valence-corrected chi connectivity index (χ0v) is 10.2. The van der Waals surface area contributed by atoms with E-state index in [1.807, 2.05) is 0 Å². The van der Waals surface area contributed by atoms with Gasteiger partial charge in [0.05, 0.1) is 0 Å². The standard InChI is InChI=1S/C12H24F3N/c1-2-3-4-5-6-7-10-16-11-8-9-12(13,14)15/h16H,2-11H2,1H3. The molecule has 0 unspecified atom stereocenters. The first-order valence-electron chi connectivity index (χ1n) is 6.33. The summed E-state index contributed by atoms with van der Waals surface area (Å²) >= 11 is 0. The lowest BCUT2D eigenvalue weighted by Gasteiger charge is -2.07. The van der Waals surface area contributed by atoms with Gasteiger partial charge < -0.3 is 5.32 Å². The Morgan fingerprint density at radius 3 is 2.00 bits per heavy atom. The number of rotatable bonds is 10. The highest BCUT2D eigenvalue weighted by Crippen LogP contribution is 2.20. The molecule has 0 atom stereocenters. The highest BCUT2D eigenvalue weighted by Gasteiger charge is 2.25. The van der Waals surface area contributed by atoms with Gasteiger partial charge in [0.2, 0.25) is 0 Å². The monoisotopic (exact) mass is 239 g/mol. The van der Waals surface area contributed by atoms with Crippen molar-refractivity contribution in [3.63, 3.8) is 0 Å². The molecule has 0 heterocycles. The molecule has 0 amide bonds. The first-order chi connectivity index (χ1) is 7.56. The molecular weight excluding hydrogens is 215 g/mol. The Labute approximate surface area is 96.8 Å². The average molecular weight is 239 g/mol. The molecule has 0 bridgehead atoms. The number of alkyl halides is 3. The third-order valence-electron chi connectivity index (χ3n) is 2.52. The zero-order chi connectivity index (χ0) is 12.3. The molecule has 1 nitrogen and oxygen atoms in total. The topological polar surface area (TPSA) is 12.0 Å². The Bertz CT molecular complexity index is 146. The van der Waals surface area contributed by atoms with Crippen molar-refractivity contribution < 1.29 is 13.2 Å². The van der Waals surface area contributed by atoms with Crippen molar-refractivity contribution in [3.05, 3.63) is 0 Å². The van der Waals surface area contributed by atoms with Crippen molar-refractivity contribution >= 4 is 0 Å². The molecular formula is C12H24F3N. The van der Waals surface area contributed by atoms with Crippen LogP contribution in [0.3, 0.4) is 0 Å². The van der Waals surface area contributed by atoms with Gasteiger partial charge in [0, 0.05) is 6.42 Å². The van der Waals surface area contributed by atoms with Gasteiger partial charge in [0.1, 0.15) is 0 Å². The minimum atomic E-state index is -4.00. The maximum atomic E-state index is 11.8. The normalized spacial score (nSPS) is 12.0. The summed E-state index contributed by atoms with van der Waals surface area (Å²) in [6, 6.07) is 0. The predicted molar refractivity (Wildman–Crippen MR) is 61.5 cm³/mol. The molecule has 0 rings (SSSR count). The molecule has 0 saturated carbocycles. The van der Waals surface area contributed by atoms with Crippen molar-refractivity contribution in [1.82, 2.24) is 5.32 Å². The van der Waals surface area contributed by atoms with E-state index in [0.717, 1.165) is 13.0 Å². The number of nitrogens with one attached hydrogen (secondary N) is 1. The third-order valence-corrected chi connectivity index (χ3v) is 2.52. The lowest BCUT2D eigenvalue weighted by Crippen LogP contribution is -2.19. The minimum Gasteiger partial charge on any atom is -0.317 e. The Hall–Kier alpha value is -0.250. The van der Waals surface area contributed by atoms with Crippen LogP contribution in [-0.4, -0.2) is 19.3 Å². The van der Waals surface area contributed by atoms with Crippen LogP contribution in [0.1, 0.15) is 58.3 Å². The molecule has 0 aliphatic carbocycles. The smallest absolute Gasteiger partial charge is 0.317 e. The van der Waals surface area contributed by atoms with E-state index in [2.05, 4.69) is 12.2 Å². The molecule has 0 aliphatic heterocycles. The molecule has 1 N–H and O–H groups in total. The third kappa shape index (κ3) is 13.8. The summed E-state index contributed by atoms with van der Waals surface area (Å²) in [6.45, 7) is 3.51. The maximum absolute atomic E-state index is 11.8. The quantitative estimate of drug-likeness (QED) is 0.561. The summed E-state index contributed by atoms with van der Waals surface area (Å²) in [5.41, 5.74) is 0. The van der Waals surface area contributed by atoms with E-state index in [-0.39, 0.29) is 6.42 Å². The summed E-state index contributed by atoms with van der Waals surface area (Å²) in [4.78, 5) is 0. The summed E-state index contributed by atoms with van der Waals surface area (Å²) in [5.74, 6) is 0. The maximum Gasteiger partial charge on any atom is 0.389 e. The molecule has 16 heavy (non-hydrogen) atoms. The van der Waals surface area contributed by atoms with Crippen LogP contribution in [0, 0.1) is 0 Å². The van der Waals surface area contributed by atoms with Crippen LogP contribution in [0.25, 0.3) is 0 Å². The van der Waals surface area contributed by atoms with E-state index < -0.39 is 12.6 Å². The predicted octanol–water partition coefficient (Wildman–Crippen LogP) is 4.28. The van der Waals surface area contributed by atoms with Gasteiger partial charge in [-0.1, -0.05) is 39.0 Å². The summed E-state index contributed by atoms with van der Waals surface area (Å²) in [5, 5.41) is 3.05. The summed E-state index contributed by atoms with van der Waals surface area (Å²) in [6.07, 6.45) is 2.86. The summed E-state index contributed by atoms with van der Waals surface area (Å²) in [7, 11) is 0. The summed E-state index contributed by atoms with van der Waals surface area (Å²) < 4.78 is 35.3.